The normalized spacial score (nSPS) is 11.0. The van der Waals surface area contributed by atoms with E-state index in [1.54, 1.807) is 36.4 Å². The fourth-order valence-corrected chi connectivity index (χ4v) is 5.14. The number of nitrogens with one attached hydrogen (secondary N) is 1. The summed E-state index contributed by atoms with van der Waals surface area (Å²) in [6.07, 6.45) is 0. The molecule has 0 aliphatic heterocycles. The van der Waals surface area contributed by atoms with Crippen molar-refractivity contribution < 1.29 is 14.0 Å². The minimum Gasteiger partial charge on any atom is -0.459 e. The zero-order chi connectivity index (χ0) is 22.8. The quantitative estimate of drug-likeness (QED) is 0.298. The number of nitrogens with two attached hydrogens (primary N) is 1. The molecule has 0 unspecified atom stereocenters. The Labute approximate surface area is 198 Å². The highest BCUT2D eigenvalue weighted by molar-refractivity contribution is 7.98. The summed E-state index contributed by atoms with van der Waals surface area (Å²) >= 11 is 13.8. The molecule has 4 rings (SSSR count). The van der Waals surface area contributed by atoms with Gasteiger partial charge in [-0.05, 0) is 37.3 Å². The van der Waals surface area contributed by atoms with Crippen LogP contribution in [0.5, 0.6) is 0 Å². The fourth-order valence-electron chi connectivity index (χ4n) is 3.41. The molecule has 2 amide bonds. The molecular formula is C24H18Cl2N2O3S. The topological polar surface area (TPSA) is 85.3 Å². The highest BCUT2D eigenvalue weighted by Gasteiger charge is 2.19. The molecule has 5 nitrogen and oxygen atoms in total. The Morgan fingerprint density at radius 2 is 1.69 bits per heavy atom. The summed E-state index contributed by atoms with van der Waals surface area (Å²) in [5.74, 6) is 0.400. The van der Waals surface area contributed by atoms with Crippen molar-refractivity contribution in [2.75, 3.05) is 5.32 Å². The maximum absolute atomic E-state index is 12.8. The lowest BCUT2D eigenvalue weighted by molar-refractivity contribution is 0.0995. The first-order chi connectivity index (χ1) is 15.4. The second-order valence-electron chi connectivity index (χ2n) is 7.02. The van der Waals surface area contributed by atoms with Crippen molar-refractivity contribution in [3.05, 3.63) is 93.2 Å². The maximum Gasteiger partial charge on any atom is 0.258 e. The lowest BCUT2D eigenvalue weighted by Crippen LogP contribution is -2.13. The SMILES string of the molecule is Cc1oc2c(NC(=O)c3c(Cl)cccc3Cl)cccc2c1CSc1ccccc1C(N)=O. The average Bonchev–Trinajstić information content (AvgIpc) is 3.08. The molecule has 3 N–H and O–H groups in total. The monoisotopic (exact) mass is 484 g/mol. The van der Waals surface area contributed by atoms with Gasteiger partial charge in [0.05, 0.1) is 26.9 Å². The van der Waals surface area contributed by atoms with Gasteiger partial charge in [-0.25, -0.2) is 0 Å². The Kier molecular flexibility index (Phi) is 6.46. The van der Waals surface area contributed by atoms with Crippen LogP contribution in [-0.4, -0.2) is 11.8 Å². The molecule has 0 saturated heterocycles. The number of benzene rings is 3. The standard InChI is InChI=1S/C24H18Cl2N2O3S/c1-13-16(12-32-20-11-3-2-6-15(20)23(27)29)14-7-4-10-19(22(14)31-13)28-24(30)21-17(25)8-5-9-18(21)26/h2-11H,12H2,1H3,(H2,27,29)(H,28,30). The molecule has 162 valence electrons. The number of furan rings is 1. The van der Waals surface area contributed by atoms with E-state index in [-0.39, 0.29) is 15.6 Å². The van der Waals surface area contributed by atoms with Crippen LogP contribution in [-0.2, 0) is 5.75 Å². The lowest BCUT2D eigenvalue weighted by atomic mass is 10.1. The summed E-state index contributed by atoms with van der Waals surface area (Å²) in [6.45, 7) is 1.87. The minimum absolute atomic E-state index is 0.204. The first-order valence-corrected chi connectivity index (χ1v) is 11.4. The molecule has 3 aromatic carbocycles. The third-order valence-electron chi connectivity index (χ3n) is 4.98. The molecule has 0 saturated carbocycles. The number of primary amides is 1. The Morgan fingerprint density at radius 1 is 1.00 bits per heavy atom. The van der Waals surface area contributed by atoms with E-state index in [1.807, 2.05) is 31.2 Å². The molecule has 32 heavy (non-hydrogen) atoms. The van der Waals surface area contributed by atoms with Gasteiger partial charge < -0.3 is 15.5 Å². The minimum atomic E-state index is -0.467. The van der Waals surface area contributed by atoms with Crippen LogP contribution in [0.15, 0.2) is 70.0 Å². The van der Waals surface area contributed by atoms with Crippen molar-refractivity contribution in [1.82, 2.24) is 0 Å². The molecule has 0 bridgehead atoms. The molecule has 1 heterocycles. The van der Waals surface area contributed by atoms with Crippen LogP contribution in [0.2, 0.25) is 10.0 Å². The van der Waals surface area contributed by atoms with E-state index in [4.69, 9.17) is 33.4 Å². The largest absolute Gasteiger partial charge is 0.459 e. The smallest absolute Gasteiger partial charge is 0.258 e. The maximum atomic E-state index is 12.8. The summed E-state index contributed by atoms with van der Waals surface area (Å²) in [7, 11) is 0. The number of para-hydroxylation sites is 1. The van der Waals surface area contributed by atoms with Gasteiger partial charge in [-0.3, -0.25) is 9.59 Å². The van der Waals surface area contributed by atoms with Crippen LogP contribution in [0.4, 0.5) is 5.69 Å². The van der Waals surface area contributed by atoms with E-state index in [0.717, 1.165) is 21.6 Å². The first kappa shape index (κ1) is 22.3. The number of amides is 2. The number of carbonyl (C=O) groups is 2. The lowest BCUT2D eigenvalue weighted by Gasteiger charge is -2.09. The predicted molar refractivity (Wildman–Crippen MR) is 130 cm³/mol. The predicted octanol–water partition coefficient (Wildman–Crippen LogP) is 6.69. The van der Waals surface area contributed by atoms with E-state index in [0.29, 0.717) is 22.6 Å². The van der Waals surface area contributed by atoms with E-state index in [1.165, 1.54) is 11.8 Å². The van der Waals surface area contributed by atoms with E-state index < -0.39 is 11.8 Å². The molecule has 8 heteroatoms. The van der Waals surface area contributed by atoms with Gasteiger partial charge >= 0.3 is 0 Å². The number of thioether (sulfide) groups is 1. The third-order valence-corrected chi connectivity index (χ3v) is 6.71. The molecule has 0 atom stereocenters. The molecule has 1 aromatic heterocycles. The van der Waals surface area contributed by atoms with Gasteiger partial charge in [0.1, 0.15) is 5.76 Å². The number of hydrogen-bond acceptors (Lipinski definition) is 4. The summed E-state index contributed by atoms with van der Waals surface area (Å²) in [5.41, 5.74) is 8.21. The van der Waals surface area contributed by atoms with Crippen LogP contribution < -0.4 is 11.1 Å². The van der Waals surface area contributed by atoms with Crippen LogP contribution in [0.3, 0.4) is 0 Å². The summed E-state index contributed by atoms with van der Waals surface area (Å²) < 4.78 is 6.01. The van der Waals surface area contributed by atoms with Gasteiger partial charge in [0.15, 0.2) is 5.58 Å². The van der Waals surface area contributed by atoms with E-state index in [2.05, 4.69) is 5.32 Å². The molecule has 0 fully saturated rings. The summed E-state index contributed by atoms with van der Waals surface area (Å²) in [5, 5.41) is 4.26. The van der Waals surface area contributed by atoms with Crippen molar-refractivity contribution in [3.63, 3.8) is 0 Å². The van der Waals surface area contributed by atoms with Crippen molar-refractivity contribution in [2.45, 2.75) is 17.6 Å². The van der Waals surface area contributed by atoms with Gasteiger partial charge in [0, 0.05) is 21.6 Å². The molecule has 4 aromatic rings. The molecule has 0 spiro atoms. The Balaban J connectivity index is 1.64. The van der Waals surface area contributed by atoms with Crippen LogP contribution >= 0.6 is 35.0 Å². The van der Waals surface area contributed by atoms with Gasteiger partial charge in [0.2, 0.25) is 5.91 Å². The number of aryl methyl sites for hydroxylation is 1. The Bertz CT molecular complexity index is 1330. The average molecular weight is 485 g/mol. The van der Waals surface area contributed by atoms with Crippen molar-refractivity contribution >= 4 is 63.4 Å². The van der Waals surface area contributed by atoms with E-state index in [9.17, 15) is 9.59 Å². The number of anilines is 1. The van der Waals surface area contributed by atoms with Crippen LogP contribution in [0.1, 0.15) is 32.0 Å². The number of halogens is 2. The molecule has 0 radical (unpaired) electrons. The van der Waals surface area contributed by atoms with Crippen LogP contribution in [0.25, 0.3) is 11.0 Å². The summed E-state index contributed by atoms with van der Waals surface area (Å²) in [4.78, 5) is 25.3. The first-order valence-electron chi connectivity index (χ1n) is 9.64. The number of carbonyl (C=O) groups excluding carboxylic acids is 2. The summed E-state index contributed by atoms with van der Waals surface area (Å²) in [6, 6.07) is 17.6. The van der Waals surface area contributed by atoms with Gasteiger partial charge in [0.25, 0.3) is 5.91 Å². The van der Waals surface area contributed by atoms with Gasteiger partial charge in [-0.15, -0.1) is 11.8 Å². The van der Waals surface area contributed by atoms with Gasteiger partial charge in [-0.2, -0.15) is 0 Å². The van der Waals surface area contributed by atoms with Gasteiger partial charge in [-0.1, -0.05) is 53.5 Å². The second-order valence-corrected chi connectivity index (χ2v) is 8.85. The van der Waals surface area contributed by atoms with Crippen molar-refractivity contribution in [2.24, 2.45) is 5.73 Å². The zero-order valence-corrected chi connectivity index (χ0v) is 19.3. The highest BCUT2D eigenvalue weighted by atomic mass is 35.5. The third kappa shape index (κ3) is 4.35. The molecular weight excluding hydrogens is 467 g/mol. The molecule has 0 aliphatic rings. The number of fused-ring (bicyclic) bond motifs is 1. The van der Waals surface area contributed by atoms with E-state index >= 15 is 0 Å². The second kappa shape index (κ2) is 9.28. The van der Waals surface area contributed by atoms with Crippen molar-refractivity contribution in [3.8, 4) is 0 Å². The zero-order valence-electron chi connectivity index (χ0n) is 16.9. The Morgan fingerprint density at radius 3 is 2.41 bits per heavy atom. The number of hydrogen-bond donors (Lipinski definition) is 2. The fraction of sp³-hybridized carbons (Fsp3) is 0.0833. The number of rotatable bonds is 6. The van der Waals surface area contributed by atoms with Crippen LogP contribution in [0, 0.1) is 6.92 Å². The Hall–Kier alpha value is -2.93. The molecule has 0 aliphatic carbocycles. The van der Waals surface area contributed by atoms with Crippen molar-refractivity contribution in [1.29, 1.82) is 0 Å². The highest BCUT2D eigenvalue weighted by Crippen LogP contribution is 2.36.